The van der Waals surface area contributed by atoms with Crippen molar-refractivity contribution in [1.82, 2.24) is 10.6 Å². The lowest BCUT2D eigenvalue weighted by molar-refractivity contribution is -0.128. The second-order valence-electron chi connectivity index (χ2n) is 4.21. The maximum atomic E-state index is 11.8. The van der Waals surface area contributed by atoms with E-state index in [2.05, 4.69) is 5.32 Å². The summed E-state index contributed by atoms with van der Waals surface area (Å²) in [6.07, 6.45) is -3.72. The molecule has 1 aliphatic rings. The molecule has 18 heavy (non-hydrogen) atoms. The molecule has 2 N–H and O–H groups in total. The third-order valence-corrected chi connectivity index (χ3v) is 4.25. The molecule has 9 heteroatoms. The number of hydrogen-bond acceptors (Lipinski definition) is 4. The van der Waals surface area contributed by atoms with Gasteiger partial charge >= 0.3 is 6.18 Å². The van der Waals surface area contributed by atoms with Gasteiger partial charge in [-0.25, -0.2) is 8.42 Å². The Labute approximate surface area is 103 Å². The first-order chi connectivity index (χ1) is 8.18. The predicted octanol–water partition coefficient (Wildman–Crippen LogP) is -0.168. The molecular weight excluding hydrogens is 273 g/mol. The van der Waals surface area contributed by atoms with E-state index in [4.69, 9.17) is 0 Å². The van der Waals surface area contributed by atoms with Crippen LogP contribution in [0.25, 0.3) is 0 Å². The average molecular weight is 288 g/mol. The van der Waals surface area contributed by atoms with Gasteiger partial charge in [-0.2, -0.15) is 13.2 Å². The summed E-state index contributed by atoms with van der Waals surface area (Å²) in [5.74, 6) is -0.537. The second-order valence-corrected chi connectivity index (χ2v) is 6.52. The van der Waals surface area contributed by atoms with Crippen LogP contribution in [0.2, 0.25) is 0 Å². The molecular formula is C9H15F3N2O3S. The van der Waals surface area contributed by atoms with E-state index in [1.54, 1.807) is 0 Å². The number of sulfone groups is 1. The van der Waals surface area contributed by atoms with E-state index >= 15 is 0 Å². The van der Waals surface area contributed by atoms with Crippen LogP contribution in [0.15, 0.2) is 0 Å². The van der Waals surface area contributed by atoms with Crippen molar-refractivity contribution in [2.45, 2.75) is 25.1 Å². The van der Waals surface area contributed by atoms with Crippen molar-refractivity contribution in [3.05, 3.63) is 0 Å². The second kappa shape index (κ2) is 5.87. The molecule has 1 amide bonds. The zero-order chi connectivity index (χ0) is 13.8. The maximum absolute atomic E-state index is 11.8. The van der Waals surface area contributed by atoms with E-state index < -0.39 is 35.0 Å². The summed E-state index contributed by atoms with van der Waals surface area (Å²) in [5.41, 5.74) is 0. The van der Waals surface area contributed by atoms with Crippen LogP contribution < -0.4 is 10.6 Å². The molecule has 106 valence electrons. The Morgan fingerprint density at radius 2 is 1.78 bits per heavy atom. The van der Waals surface area contributed by atoms with Crippen LogP contribution in [0.1, 0.15) is 12.8 Å². The van der Waals surface area contributed by atoms with Gasteiger partial charge in [0.1, 0.15) is 9.84 Å². The number of hydrogen-bond donors (Lipinski definition) is 2. The van der Waals surface area contributed by atoms with Gasteiger partial charge in [0.05, 0.1) is 24.6 Å². The number of carbonyl (C=O) groups excluding carboxylic acids is 1. The van der Waals surface area contributed by atoms with E-state index in [0.29, 0.717) is 12.8 Å². The van der Waals surface area contributed by atoms with Crippen LogP contribution in [0, 0.1) is 0 Å². The van der Waals surface area contributed by atoms with Gasteiger partial charge in [-0.05, 0) is 12.8 Å². The minimum atomic E-state index is -4.35. The molecule has 0 aromatic rings. The summed E-state index contributed by atoms with van der Waals surface area (Å²) in [6, 6.07) is -0.270. The molecule has 5 nitrogen and oxygen atoms in total. The highest BCUT2D eigenvalue weighted by atomic mass is 32.2. The Kier molecular flexibility index (Phi) is 4.97. The minimum Gasteiger partial charge on any atom is -0.352 e. The highest BCUT2D eigenvalue weighted by Crippen LogP contribution is 2.13. The molecule has 0 radical (unpaired) electrons. The highest BCUT2D eigenvalue weighted by Gasteiger charge is 2.27. The lowest BCUT2D eigenvalue weighted by atomic mass is 10.1. The summed E-state index contributed by atoms with van der Waals surface area (Å²) < 4.78 is 57.6. The van der Waals surface area contributed by atoms with E-state index in [-0.39, 0.29) is 17.5 Å². The first kappa shape index (κ1) is 15.2. The summed E-state index contributed by atoms with van der Waals surface area (Å²) in [4.78, 5) is 11.3. The van der Waals surface area contributed by atoms with Gasteiger partial charge in [-0.15, -0.1) is 0 Å². The van der Waals surface area contributed by atoms with Crippen molar-refractivity contribution in [1.29, 1.82) is 0 Å². The van der Waals surface area contributed by atoms with Gasteiger partial charge in [0.2, 0.25) is 5.91 Å². The van der Waals surface area contributed by atoms with Crippen LogP contribution in [0.3, 0.4) is 0 Å². The van der Waals surface area contributed by atoms with Crippen LogP contribution >= 0.6 is 0 Å². The van der Waals surface area contributed by atoms with Crippen molar-refractivity contribution in [3.8, 4) is 0 Å². The summed E-state index contributed by atoms with van der Waals surface area (Å²) in [5, 5.41) is 4.49. The summed E-state index contributed by atoms with van der Waals surface area (Å²) in [7, 11) is -3.00. The van der Waals surface area contributed by atoms with Crippen LogP contribution in [-0.2, 0) is 14.6 Å². The summed E-state index contributed by atoms with van der Waals surface area (Å²) in [6.45, 7) is -1.65. The summed E-state index contributed by atoms with van der Waals surface area (Å²) >= 11 is 0. The number of nitrogens with one attached hydrogen (secondary N) is 2. The molecule has 1 heterocycles. The zero-order valence-corrected chi connectivity index (χ0v) is 10.4. The number of amides is 1. The van der Waals surface area contributed by atoms with E-state index in [1.165, 1.54) is 0 Å². The fourth-order valence-corrected chi connectivity index (χ4v) is 3.12. The molecule has 1 fully saturated rings. The molecule has 0 saturated carbocycles. The lowest BCUT2D eigenvalue weighted by Crippen LogP contribution is -2.45. The van der Waals surface area contributed by atoms with Crippen LogP contribution in [0.4, 0.5) is 13.2 Å². The Hall–Kier alpha value is -0.830. The monoisotopic (exact) mass is 288 g/mol. The van der Waals surface area contributed by atoms with E-state index in [1.807, 2.05) is 5.32 Å². The number of rotatable bonds is 4. The molecule has 0 aromatic heterocycles. The molecule has 0 aromatic carbocycles. The van der Waals surface area contributed by atoms with Crippen LogP contribution in [0.5, 0.6) is 0 Å². The maximum Gasteiger partial charge on any atom is 0.401 e. The average Bonchev–Trinajstić information content (AvgIpc) is 2.19. The lowest BCUT2D eigenvalue weighted by Gasteiger charge is -2.23. The van der Waals surface area contributed by atoms with Crippen molar-refractivity contribution >= 4 is 15.7 Å². The number of halogens is 3. The Balaban J connectivity index is 2.21. The SMILES string of the molecule is O=C(CNCC(F)(F)F)NC1CCS(=O)(=O)CC1. The fraction of sp³-hybridized carbons (Fsp3) is 0.889. The molecule has 0 aliphatic carbocycles. The topological polar surface area (TPSA) is 75.3 Å². The molecule has 0 bridgehead atoms. The number of carbonyl (C=O) groups is 1. The smallest absolute Gasteiger partial charge is 0.352 e. The van der Waals surface area contributed by atoms with Gasteiger partial charge in [0.25, 0.3) is 0 Å². The van der Waals surface area contributed by atoms with Crippen molar-refractivity contribution in [2.75, 3.05) is 24.6 Å². The predicted molar refractivity (Wildman–Crippen MR) is 58.7 cm³/mol. The quantitative estimate of drug-likeness (QED) is 0.753. The Morgan fingerprint density at radius 1 is 1.22 bits per heavy atom. The third kappa shape index (κ3) is 6.20. The molecule has 0 unspecified atom stereocenters. The highest BCUT2D eigenvalue weighted by molar-refractivity contribution is 7.91. The first-order valence-corrected chi connectivity index (χ1v) is 7.27. The van der Waals surface area contributed by atoms with E-state index in [9.17, 15) is 26.4 Å². The van der Waals surface area contributed by atoms with Crippen molar-refractivity contribution in [3.63, 3.8) is 0 Å². The van der Waals surface area contributed by atoms with Crippen molar-refractivity contribution in [2.24, 2.45) is 0 Å². The largest absolute Gasteiger partial charge is 0.401 e. The molecule has 1 saturated heterocycles. The van der Waals surface area contributed by atoms with Gasteiger partial charge in [0, 0.05) is 6.04 Å². The standard InChI is InChI=1S/C9H15F3N2O3S/c10-9(11,12)6-13-5-8(15)14-7-1-3-18(16,17)4-2-7/h7,13H,1-6H2,(H,14,15). The van der Waals surface area contributed by atoms with Gasteiger partial charge < -0.3 is 10.6 Å². The number of alkyl halides is 3. The Bertz CT molecular complexity index is 380. The third-order valence-electron chi connectivity index (χ3n) is 2.53. The van der Waals surface area contributed by atoms with Crippen molar-refractivity contribution < 1.29 is 26.4 Å². The molecule has 0 spiro atoms. The van der Waals surface area contributed by atoms with E-state index in [0.717, 1.165) is 0 Å². The van der Waals surface area contributed by atoms with Gasteiger partial charge in [-0.3, -0.25) is 4.79 Å². The van der Waals surface area contributed by atoms with Gasteiger partial charge in [0.15, 0.2) is 0 Å². The molecule has 1 rings (SSSR count). The zero-order valence-electron chi connectivity index (χ0n) is 9.59. The minimum absolute atomic E-state index is 0.00786. The van der Waals surface area contributed by atoms with Crippen LogP contribution in [-0.4, -0.2) is 51.1 Å². The molecule has 1 aliphatic heterocycles. The van der Waals surface area contributed by atoms with Gasteiger partial charge in [-0.1, -0.05) is 0 Å². The normalized spacial score (nSPS) is 20.6. The fourth-order valence-electron chi connectivity index (χ4n) is 1.63. The Morgan fingerprint density at radius 3 is 2.28 bits per heavy atom. The molecule has 0 atom stereocenters. The first-order valence-electron chi connectivity index (χ1n) is 5.45.